The highest BCUT2D eigenvalue weighted by Gasteiger charge is 2.46. The van der Waals surface area contributed by atoms with Gasteiger partial charge in [0.25, 0.3) is 0 Å². The van der Waals surface area contributed by atoms with Crippen molar-refractivity contribution in [3.8, 4) is 0 Å². The number of hydrogen-bond donors (Lipinski definition) is 1. The summed E-state index contributed by atoms with van der Waals surface area (Å²) in [5.41, 5.74) is 1.10. The SMILES string of the molecule is Cn1c(C2CCCN(C(=O)C3CC3c3ccc(Cl)c(Cl)c3)C2)n[nH]c1=S. The highest BCUT2D eigenvalue weighted by molar-refractivity contribution is 7.71. The van der Waals surface area contributed by atoms with Gasteiger partial charge in [-0.3, -0.25) is 9.89 Å². The number of H-pyrrole nitrogens is 1. The maximum Gasteiger partial charge on any atom is 0.226 e. The predicted molar refractivity (Wildman–Crippen MR) is 104 cm³/mol. The van der Waals surface area contributed by atoms with Gasteiger partial charge >= 0.3 is 0 Å². The molecule has 1 aromatic heterocycles. The summed E-state index contributed by atoms with van der Waals surface area (Å²) in [4.78, 5) is 15.0. The molecule has 0 radical (unpaired) electrons. The second kappa shape index (κ2) is 6.98. The molecule has 2 aliphatic rings. The number of nitrogens with one attached hydrogen (secondary N) is 1. The molecule has 2 fully saturated rings. The predicted octanol–water partition coefficient (Wildman–Crippen LogP) is 4.29. The van der Waals surface area contributed by atoms with Crippen molar-refractivity contribution in [2.24, 2.45) is 13.0 Å². The minimum absolute atomic E-state index is 0.0495. The van der Waals surface area contributed by atoms with Gasteiger partial charge in [-0.15, -0.1) is 0 Å². The van der Waals surface area contributed by atoms with E-state index in [0.717, 1.165) is 37.2 Å². The molecule has 0 bridgehead atoms. The van der Waals surface area contributed by atoms with Crippen molar-refractivity contribution in [1.29, 1.82) is 0 Å². The summed E-state index contributed by atoms with van der Waals surface area (Å²) in [5, 5.41) is 8.29. The van der Waals surface area contributed by atoms with Crippen LogP contribution in [0.15, 0.2) is 18.2 Å². The van der Waals surface area contributed by atoms with Crippen molar-refractivity contribution in [1.82, 2.24) is 19.7 Å². The third kappa shape index (κ3) is 3.30. The Morgan fingerprint density at radius 1 is 1.35 bits per heavy atom. The van der Waals surface area contributed by atoms with Gasteiger partial charge in [0.15, 0.2) is 4.77 Å². The van der Waals surface area contributed by atoms with Gasteiger partial charge in [0.2, 0.25) is 5.91 Å². The fourth-order valence-corrected chi connectivity index (χ4v) is 4.37. The van der Waals surface area contributed by atoms with E-state index in [2.05, 4.69) is 10.2 Å². The van der Waals surface area contributed by atoms with E-state index < -0.39 is 0 Å². The number of carbonyl (C=O) groups is 1. The first-order chi connectivity index (χ1) is 12.5. The van der Waals surface area contributed by atoms with Crippen LogP contribution >= 0.6 is 35.4 Å². The van der Waals surface area contributed by atoms with E-state index in [1.54, 1.807) is 6.07 Å². The van der Waals surface area contributed by atoms with Crippen molar-refractivity contribution < 1.29 is 4.79 Å². The zero-order valence-electron chi connectivity index (χ0n) is 14.4. The molecule has 8 heteroatoms. The lowest BCUT2D eigenvalue weighted by molar-refractivity contribution is -0.133. The van der Waals surface area contributed by atoms with Gasteiger partial charge < -0.3 is 9.47 Å². The largest absolute Gasteiger partial charge is 0.342 e. The average molecular weight is 411 g/mol. The second-order valence-electron chi connectivity index (χ2n) is 7.19. The first kappa shape index (κ1) is 18.0. The van der Waals surface area contributed by atoms with Gasteiger partial charge in [0.1, 0.15) is 5.82 Å². The fraction of sp³-hybridized carbons (Fsp3) is 0.500. The molecule has 1 saturated carbocycles. The van der Waals surface area contributed by atoms with E-state index in [9.17, 15) is 4.79 Å². The molecule has 1 aliphatic carbocycles. The normalized spacial score (nSPS) is 25.3. The molecule has 26 heavy (non-hydrogen) atoms. The quantitative estimate of drug-likeness (QED) is 0.767. The minimum Gasteiger partial charge on any atom is -0.342 e. The maximum atomic E-state index is 13.0. The number of aromatic nitrogens is 3. The van der Waals surface area contributed by atoms with Crippen molar-refractivity contribution in [2.75, 3.05) is 13.1 Å². The Balaban J connectivity index is 1.44. The third-order valence-corrected chi connectivity index (χ3v) is 6.60. The van der Waals surface area contributed by atoms with Gasteiger partial charge in [-0.1, -0.05) is 29.3 Å². The average Bonchev–Trinajstić information content (AvgIpc) is 3.37. The Hall–Kier alpha value is -1.37. The number of carbonyl (C=O) groups excluding carboxylic acids is 1. The number of piperidine rings is 1. The summed E-state index contributed by atoms with van der Waals surface area (Å²) >= 11 is 17.3. The van der Waals surface area contributed by atoms with Gasteiger partial charge in [-0.25, -0.2) is 0 Å². The van der Waals surface area contributed by atoms with E-state index in [4.69, 9.17) is 35.4 Å². The highest BCUT2D eigenvalue weighted by Crippen LogP contribution is 2.49. The number of likely N-dealkylation sites (tertiary alicyclic amines) is 1. The summed E-state index contributed by atoms with van der Waals surface area (Å²) in [6.07, 6.45) is 2.89. The van der Waals surface area contributed by atoms with E-state index >= 15 is 0 Å². The topological polar surface area (TPSA) is 53.9 Å². The molecule has 3 atom stereocenters. The minimum atomic E-state index is 0.0495. The molecule has 1 aliphatic heterocycles. The first-order valence-corrected chi connectivity index (χ1v) is 9.97. The number of nitrogens with zero attached hydrogens (tertiary/aromatic N) is 3. The molecule has 3 unspecified atom stereocenters. The molecule has 5 nitrogen and oxygen atoms in total. The molecule has 1 aromatic carbocycles. The molecule has 1 amide bonds. The van der Waals surface area contributed by atoms with Crippen LogP contribution in [0.25, 0.3) is 0 Å². The molecule has 0 spiro atoms. The number of aromatic amines is 1. The lowest BCUT2D eigenvalue weighted by Gasteiger charge is -2.32. The van der Waals surface area contributed by atoms with Gasteiger partial charge in [0, 0.05) is 32.0 Å². The van der Waals surface area contributed by atoms with Crippen LogP contribution in [0.4, 0.5) is 0 Å². The zero-order chi connectivity index (χ0) is 18.4. The van der Waals surface area contributed by atoms with Gasteiger partial charge in [0.05, 0.1) is 10.0 Å². The first-order valence-electron chi connectivity index (χ1n) is 8.80. The number of amides is 1. The molecule has 2 aromatic rings. The third-order valence-electron chi connectivity index (χ3n) is 5.49. The van der Waals surface area contributed by atoms with Crippen molar-refractivity contribution in [2.45, 2.75) is 31.1 Å². The molecule has 1 saturated heterocycles. The number of rotatable bonds is 3. The summed E-state index contributed by atoms with van der Waals surface area (Å²) in [5.74, 6) is 1.70. The molecular weight excluding hydrogens is 391 g/mol. The number of hydrogen-bond acceptors (Lipinski definition) is 3. The Kier molecular flexibility index (Phi) is 4.84. The zero-order valence-corrected chi connectivity index (χ0v) is 16.7. The van der Waals surface area contributed by atoms with Crippen LogP contribution in [0, 0.1) is 10.7 Å². The van der Waals surface area contributed by atoms with Crippen molar-refractivity contribution in [3.63, 3.8) is 0 Å². The Labute approximate surface area is 167 Å². The monoisotopic (exact) mass is 410 g/mol. The van der Waals surface area contributed by atoms with Crippen molar-refractivity contribution >= 4 is 41.3 Å². The highest BCUT2D eigenvalue weighted by atomic mass is 35.5. The van der Waals surface area contributed by atoms with Crippen LogP contribution in [0.5, 0.6) is 0 Å². The van der Waals surface area contributed by atoms with E-state index in [1.807, 2.05) is 28.6 Å². The maximum absolute atomic E-state index is 13.0. The van der Waals surface area contributed by atoms with E-state index in [0.29, 0.717) is 21.4 Å². The van der Waals surface area contributed by atoms with Crippen LogP contribution in [0.2, 0.25) is 10.0 Å². The fourth-order valence-electron chi connectivity index (χ4n) is 3.93. The van der Waals surface area contributed by atoms with Crippen LogP contribution in [0.3, 0.4) is 0 Å². The van der Waals surface area contributed by atoms with Crippen LogP contribution in [-0.2, 0) is 11.8 Å². The summed E-state index contributed by atoms with van der Waals surface area (Å²) in [7, 11) is 1.92. The molecule has 4 rings (SSSR count). The summed E-state index contributed by atoms with van der Waals surface area (Å²) in [6, 6.07) is 5.66. The van der Waals surface area contributed by atoms with Gasteiger partial charge in [-0.2, -0.15) is 5.10 Å². The molecule has 138 valence electrons. The van der Waals surface area contributed by atoms with E-state index in [1.165, 1.54) is 0 Å². The number of benzene rings is 1. The summed E-state index contributed by atoms with van der Waals surface area (Å²) < 4.78 is 2.52. The lowest BCUT2D eigenvalue weighted by atomic mass is 9.96. The van der Waals surface area contributed by atoms with Crippen LogP contribution in [-0.4, -0.2) is 38.7 Å². The van der Waals surface area contributed by atoms with Crippen LogP contribution in [0.1, 0.15) is 42.5 Å². The van der Waals surface area contributed by atoms with Crippen LogP contribution < -0.4 is 0 Å². The molecule has 1 N–H and O–H groups in total. The second-order valence-corrected chi connectivity index (χ2v) is 8.39. The molecular formula is C18H20Cl2N4OS. The number of halogens is 2. The van der Waals surface area contributed by atoms with E-state index in [-0.39, 0.29) is 23.7 Å². The smallest absolute Gasteiger partial charge is 0.226 e. The van der Waals surface area contributed by atoms with Gasteiger partial charge in [-0.05, 0) is 55.1 Å². The standard InChI is InChI=1S/C18H20Cl2N4OS/c1-23-16(21-22-18(23)26)11-3-2-6-24(9-11)17(25)13-8-12(13)10-4-5-14(19)15(20)7-10/h4-5,7,11-13H,2-3,6,8-9H2,1H3,(H,22,26). The summed E-state index contributed by atoms with van der Waals surface area (Å²) in [6.45, 7) is 1.52. The Bertz CT molecular complexity index is 909. The van der Waals surface area contributed by atoms with Crippen molar-refractivity contribution in [3.05, 3.63) is 44.4 Å². The Morgan fingerprint density at radius 2 is 2.15 bits per heavy atom. The lowest BCUT2D eigenvalue weighted by Crippen LogP contribution is -2.40. The molecule has 2 heterocycles. The Morgan fingerprint density at radius 3 is 2.85 bits per heavy atom.